The van der Waals surface area contributed by atoms with Crippen LogP contribution in [0.15, 0.2) is 44.0 Å². The van der Waals surface area contributed by atoms with Gasteiger partial charge in [-0.1, -0.05) is 6.07 Å². The molecular weight excluding hydrogens is 425 g/mol. The van der Waals surface area contributed by atoms with Gasteiger partial charge >= 0.3 is 11.6 Å². The van der Waals surface area contributed by atoms with E-state index in [0.29, 0.717) is 38.4 Å². The van der Waals surface area contributed by atoms with Crippen LogP contribution in [0.3, 0.4) is 0 Å². The molecule has 3 aromatic rings. The quantitative estimate of drug-likeness (QED) is 0.451. The highest BCUT2D eigenvalue weighted by atomic mass is 19.1. The summed E-state index contributed by atoms with van der Waals surface area (Å²) in [6.45, 7) is 3.02. The molecule has 0 atom stereocenters. The van der Waals surface area contributed by atoms with Crippen molar-refractivity contribution in [3.05, 3.63) is 68.5 Å². The lowest BCUT2D eigenvalue weighted by Crippen LogP contribution is -2.33. The van der Waals surface area contributed by atoms with Gasteiger partial charge in [-0.05, 0) is 38.0 Å². The number of carbonyl (C=O) groups excluding carboxylic acids is 1. The molecule has 11 nitrogen and oxygen atoms in total. The largest absolute Gasteiger partial charge is 0.457 e. The van der Waals surface area contributed by atoms with Crippen molar-refractivity contribution >= 4 is 23.2 Å². The first kappa shape index (κ1) is 21.3. The summed E-state index contributed by atoms with van der Waals surface area (Å²) in [6.07, 6.45) is 1.10. The summed E-state index contributed by atoms with van der Waals surface area (Å²) in [6, 6.07) is 6.57. The van der Waals surface area contributed by atoms with Crippen molar-refractivity contribution in [2.24, 2.45) is 0 Å². The number of furan rings is 1. The third-order valence-electron chi connectivity index (χ3n) is 5.27. The Morgan fingerprint density at radius 2 is 2.06 bits per heavy atom. The maximum atomic E-state index is 13.3. The van der Waals surface area contributed by atoms with Crippen LogP contribution in [0.2, 0.25) is 0 Å². The first-order chi connectivity index (χ1) is 15.4. The van der Waals surface area contributed by atoms with Crippen molar-refractivity contribution in [1.82, 2.24) is 9.78 Å². The van der Waals surface area contributed by atoms with Gasteiger partial charge in [0.05, 0.1) is 0 Å². The Balaban J connectivity index is 1.49. The molecule has 0 radical (unpaired) electrons. The van der Waals surface area contributed by atoms with Gasteiger partial charge in [0.1, 0.15) is 10.7 Å². The van der Waals surface area contributed by atoms with E-state index in [-0.39, 0.29) is 23.1 Å². The summed E-state index contributed by atoms with van der Waals surface area (Å²) in [4.78, 5) is 36.7. The fraction of sp³-hybridized carbons (Fsp3) is 0.350. The number of amides is 1. The molecule has 1 amide bonds. The highest BCUT2D eigenvalue weighted by Crippen LogP contribution is 2.36. The molecule has 1 aromatic carbocycles. The average molecular weight is 445 g/mol. The highest BCUT2D eigenvalue weighted by Gasteiger charge is 2.33. The fourth-order valence-electron chi connectivity index (χ4n) is 3.65. The van der Waals surface area contributed by atoms with E-state index in [0.717, 1.165) is 6.07 Å². The molecule has 1 N–H and O–H groups in total. The number of hydrogen-bond acceptors (Lipinski definition) is 8. The van der Waals surface area contributed by atoms with Gasteiger partial charge in [0.15, 0.2) is 5.69 Å². The lowest BCUT2D eigenvalue weighted by Gasteiger charge is -2.30. The van der Waals surface area contributed by atoms with Crippen molar-refractivity contribution in [3.63, 3.8) is 0 Å². The molecule has 3 heterocycles. The molecule has 0 saturated carbocycles. The molecule has 0 unspecified atom stereocenters. The number of carbonyl (C=O) groups is 1. The highest BCUT2D eigenvalue weighted by molar-refractivity contribution is 6.03. The first-order valence-electron chi connectivity index (χ1n) is 10.0. The van der Waals surface area contributed by atoms with Crippen molar-refractivity contribution in [2.45, 2.75) is 32.2 Å². The maximum Gasteiger partial charge on any atom is 0.457 e. The Kier molecular flexibility index (Phi) is 5.75. The first-order valence-corrected chi connectivity index (χ1v) is 10.0. The Labute approximate surface area is 180 Å². The van der Waals surface area contributed by atoms with E-state index in [4.69, 9.17) is 8.83 Å². The van der Waals surface area contributed by atoms with Crippen LogP contribution in [0, 0.1) is 15.9 Å². The topological polar surface area (TPSA) is 137 Å². The zero-order chi connectivity index (χ0) is 22.8. The van der Waals surface area contributed by atoms with Gasteiger partial charge < -0.3 is 19.1 Å². The van der Waals surface area contributed by atoms with Gasteiger partial charge in [-0.15, -0.1) is 5.10 Å². The van der Waals surface area contributed by atoms with E-state index < -0.39 is 28.3 Å². The van der Waals surface area contributed by atoms with Gasteiger partial charge in [-0.3, -0.25) is 14.9 Å². The number of rotatable bonds is 6. The molecule has 1 aliphatic rings. The molecule has 32 heavy (non-hydrogen) atoms. The Bertz CT molecular complexity index is 1210. The Hall–Kier alpha value is -3.96. The number of nitro groups is 1. The third kappa shape index (κ3) is 4.24. The lowest BCUT2D eigenvalue weighted by molar-refractivity contribution is -0.401. The van der Waals surface area contributed by atoms with Crippen LogP contribution in [-0.4, -0.2) is 33.7 Å². The second-order valence-corrected chi connectivity index (χ2v) is 7.31. The van der Waals surface area contributed by atoms with Gasteiger partial charge in [0.2, 0.25) is 11.7 Å². The predicted octanol–water partition coefficient (Wildman–Crippen LogP) is 3.13. The van der Waals surface area contributed by atoms with Crippen LogP contribution in [0.5, 0.6) is 0 Å². The summed E-state index contributed by atoms with van der Waals surface area (Å²) >= 11 is 0. The van der Waals surface area contributed by atoms with Gasteiger partial charge in [0, 0.05) is 37.3 Å². The predicted molar refractivity (Wildman–Crippen MR) is 110 cm³/mol. The zero-order valence-corrected chi connectivity index (χ0v) is 17.1. The average Bonchev–Trinajstić information content (AvgIpc) is 3.38. The SMILES string of the molecule is CCn1nc(C2CCN(c3cc(C(=O)Nc4cccc(F)c4)oc3[N+](=O)[O-])CC2)oc1=O. The molecular formula is C20H20FN5O6. The van der Waals surface area contributed by atoms with E-state index in [9.17, 15) is 24.1 Å². The molecule has 1 saturated heterocycles. The second-order valence-electron chi connectivity index (χ2n) is 7.31. The van der Waals surface area contributed by atoms with E-state index in [1.165, 1.54) is 28.9 Å². The monoisotopic (exact) mass is 445 g/mol. The molecule has 1 aliphatic heterocycles. The van der Waals surface area contributed by atoms with Gasteiger partial charge in [-0.2, -0.15) is 4.68 Å². The summed E-state index contributed by atoms with van der Waals surface area (Å²) < 4.78 is 25.0. The van der Waals surface area contributed by atoms with E-state index in [2.05, 4.69) is 10.4 Å². The Morgan fingerprint density at radius 1 is 1.31 bits per heavy atom. The minimum Gasteiger partial charge on any atom is -0.394 e. The summed E-state index contributed by atoms with van der Waals surface area (Å²) in [5.74, 6) is -2.31. The molecule has 1 fully saturated rings. The van der Waals surface area contributed by atoms with Crippen molar-refractivity contribution < 1.29 is 22.9 Å². The van der Waals surface area contributed by atoms with Crippen molar-refractivity contribution in [2.75, 3.05) is 23.3 Å². The van der Waals surface area contributed by atoms with E-state index in [1.54, 1.807) is 11.8 Å². The van der Waals surface area contributed by atoms with Crippen LogP contribution >= 0.6 is 0 Å². The number of piperidine rings is 1. The minimum atomic E-state index is -0.730. The molecule has 168 valence electrons. The number of nitrogens with one attached hydrogen (secondary N) is 1. The molecule has 12 heteroatoms. The Morgan fingerprint density at radius 3 is 2.69 bits per heavy atom. The molecule has 2 aromatic heterocycles. The van der Waals surface area contributed by atoms with E-state index >= 15 is 0 Å². The summed E-state index contributed by atoms with van der Waals surface area (Å²) in [7, 11) is 0. The lowest BCUT2D eigenvalue weighted by atomic mass is 9.96. The number of hydrogen-bond donors (Lipinski definition) is 1. The number of benzene rings is 1. The standard InChI is InChI=1S/C20H20FN5O6/c1-2-25-20(28)32-18(23-25)12-6-8-24(9-7-12)15-11-16(31-19(15)26(29)30)17(27)22-14-5-3-4-13(21)10-14/h3-5,10-12H,2,6-9H2,1H3,(H,22,27). The fourth-order valence-corrected chi connectivity index (χ4v) is 3.65. The summed E-state index contributed by atoms with van der Waals surface area (Å²) in [5, 5.41) is 18.1. The van der Waals surface area contributed by atoms with Crippen LogP contribution < -0.4 is 16.0 Å². The van der Waals surface area contributed by atoms with Gasteiger partial charge in [-0.25, -0.2) is 9.18 Å². The minimum absolute atomic E-state index is 0.0894. The second kappa shape index (κ2) is 8.65. The third-order valence-corrected chi connectivity index (χ3v) is 5.27. The van der Waals surface area contributed by atoms with Crippen LogP contribution in [0.1, 0.15) is 42.1 Å². The zero-order valence-electron chi connectivity index (χ0n) is 17.1. The summed E-state index contributed by atoms with van der Waals surface area (Å²) in [5.41, 5.74) is 0.378. The molecule has 4 rings (SSSR count). The maximum absolute atomic E-state index is 13.3. The number of aromatic nitrogens is 2. The number of nitrogens with zero attached hydrogens (tertiary/aromatic N) is 4. The van der Waals surface area contributed by atoms with Crippen molar-refractivity contribution in [3.8, 4) is 0 Å². The molecule has 0 bridgehead atoms. The number of anilines is 2. The van der Waals surface area contributed by atoms with E-state index in [1.807, 2.05) is 0 Å². The van der Waals surface area contributed by atoms with Crippen LogP contribution in [0.25, 0.3) is 0 Å². The number of aryl methyl sites for hydroxylation is 1. The van der Waals surface area contributed by atoms with Gasteiger partial charge in [0.25, 0.3) is 5.91 Å². The molecule has 0 spiro atoms. The smallest absolute Gasteiger partial charge is 0.394 e. The molecule has 0 aliphatic carbocycles. The van der Waals surface area contributed by atoms with Crippen LogP contribution in [0.4, 0.5) is 21.6 Å². The normalized spacial score (nSPS) is 14.5. The van der Waals surface area contributed by atoms with Crippen molar-refractivity contribution in [1.29, 1.82) is 0 Å². The van der Waals surface area contributed by atoms with Crippen LogP contribution in [-0.2, 0) is 6.54 Å². The number of halogens is 1.